The molecule has 0 amide bonds. The average molecular weight is 421 g/mol. The van der Waals surface area contributed by atoms with Crippen molar-refractivity contribution in [3.05, 3.63) is 91.0 Å². The summed E-state index contributed by atoms with van der Waals surface area (Å²) in [5.41, 5.74) is 7.21. The Morgan fingerprint density at radius 2 is 0.750 bits per heavy atom. The van der Waals surface area contributed by atoms with Crippen LogP contribution in [-0.2, 0) is 0 Å². The average Bonchev–Trinajstić information content (AvgIpc) is 2.84. The molecule has 5 nitrogen and oxygen atoms in total. The van der Waals surface area contributed by atoms with Gasteiger partial charge in [0.2, 0.25) is 0 Å². The van der Waals surface area contributed by atoms with Gasteiger partial charge in [-0.15, -0.1) is 0 Å². The minimum atomic E-state index is -1.52. The number of benzene rings is 4. The SMILES string of the molecule is O[B]c1ccc(-c2cc(-c3ccc(B(O)O)cc3)cc(-c3ccc(B(O)O)cc3)c2)cc1. The summed E-state index contributed by atoms with van der Waals surface area (Å²) in [6.07, 6.45) is 0. The zero-order valence-corrected chi connectivity index (χ0v) is 17.1. The van der Waals surface area contributed by atoms with Gasteiger partial charge in [0, 0.05) is 0 Å². The largest absolute Gasteiger partial charge is 0.488 e. The van der Waals surface area contributed by atoms with Crippen molar-refractivity contribution in [2.45, 2.75) is 0 Å². The molecular weight excluding hydrogens is 401 g/mol. The molecule has 0 aliphatic heterocycles. The fourth-order valence-electron chi connectivity index (χ4n) is 3.58. The third-order valence-electron chi connectivity index (χ3n) is 5.41. The smallest absolute Gasteiger partial charge is 0.450 e. The minimum Gasteiger partial charge on any atom is -0.450 e. The lowest BCUT2D eigenvalue weighted by Gasteiger charge is -2.12. The molecule has 0 spiro atoms. The van der Waals surface area contributed by atoms with E-state index in [1.807, 2.05) is 54.6 Å². The van der Waals surface area contributed by atoms with Crippen LogP contribution in [0.1, 0.15) is 0 Å². The molecule has 0 bridgehead atoms. The van der Waals surface area contributed by atoms with Crippen LogP contribution in [0.25, 0.3) is 33.4 Å². The van der Waals surface area contributed by atoms with E-state index >= 15 is 0 Å². The van der Waals surface area contributed by atoms with Crippen molar-refractivity contribution in [1.29, 1.82) is 0 Å². The van der Waals surface area contributed by atoms with Gasteiger partial charge in [0.15, 0.2) is 0 Å². The third-order valence-corrected chi connectivity index (χ3v) is 5.41. The monoisotopic (exact) mass is 421 g/mol. The first kappa shape index (κ1) is 22.1. The van der Waals surface area contributed by atoms with Crippen LogP contribution in [0, 0.1) is 0 Å². The molecule has 0 aliphatic rings. The maximum absolute atomic E-state index is 9.37. The quantitative estimate of drug-likeness (QED) is 0.289. The van der Waals surface area contributed by atoms with Gasteiger partial charge >= 0.3 is 21.7 Å². The molecular formula is C24H20B3O5. The summed E-state index contributed by atoms with van der Waals surface area (Å²) in [4.78, 5) is 0. The van der Waals surface area contributed by atoms with Crippen molar-refractivity contribution in [3.8, 4) is 33.4 Å². The molecule has 5 N–H and O–H groups in total. The van der Waals surface area contributed by atoms with Crippen molar-refractivity contribution in [3.63, 3.8) is 0 Å². The molecule has 0 saturated heterocycles. The summed E-state index contributed by atoms with van der Waals surface area (Å²) in [6, 6.07) is 27.7. The van der Waals surface area contributed by atoms with E-state index in [1.54, 1.807) is 24.3 Å². The highest BCUT2D eigenvalue weighted by Gasteiger charge is 2.13. The van der Waals surface area contributed by atoms with Crippen LogP contribution in [0.15, 0.2) is 91.0 Å². The minimum absolute atomic E-state index is 0.416. The molecule has 4 aromatic rings. The van der Waals surface area contributed by atoms with Crippen molar-refractivity contribution in [1.82, 2.24) is 0 Å². The van der Waals surface area contributed by atoms with Gasteiger partial charge in [-0.1, -0.05) is 78.3 Å². The highest BCUT2D eigenvalue weighted by atomic mass is 16.4. The van der Waals surface area contributed by atoms with Gasteiger partial charge in [-0.05, 0) is 62.5 Å². The Hall–Kier alpha value is -3.13. The van der Waals surface area contributed by atoms with Gasteiger partial charge in [-0.3, -0.25) is 0 Å². The van der Waals surface area contributed by atoms with Crippen LogP contribution in [0.4, 0.5) is 0 Å². The van der Waals surface area contributed by atoms with Crippen LogP contribution < -0.4 is 16.4 Å². The van der Waals surface area contributed by atoms with Crippen molar-refractivity contribution in [2.24, 2.45) is 0 Å². The molecule has 8 heteroatoms. The van der Waals surface area contributed by atoms with Crippen LogP contribution in [0.3, 0.4) is 0 Å². The Kier molecular flexibility index (Phi) is 6.60. The van der Waals surface area contributed by atoms with Crippen LogP contribution in [0.2, 0.25) is 0 Å². The predicted molar refractivity (Wildman–Crippen MR) is 130 cm³/mol. The third kappa shape index (κ3) is 4.86. The maximum atomic E-state index is 9.37. The first-order valence-corrected chi connectivity index (χ1v) is 10.1. The van der Waals surface area contributed by atoms with Crippen LogP contribution >= 0.6 is 0 Å². The summed E-state index contributed by atoms with van der Waals surface area (Å²) in [7, 11) is -1.98. The predicted octanol–water partition coefficient (Wildman–Crippen LogP) is 0.284. The number of hydrogen-bond donors (Lipinski definition) is 5. The summed E-state index contributed by atoms with van der Waals surface area (Å²) in [5.74, 6) is 0. The Morgan fingerprint density at radius 3 is 1.03 bits per heavy atom. The van der Waals surface area contributed by atoms with E-state index in [2.05, 4.69) is 12.1 Å². The topological polar surface area (TPSA) is 101 Å². The highest BCUT2D eigenvalue weighted by Crippen LogP contribution is 2.32. The van der Waals surface area contributed by atoms with Crippen molar-refractivity contribution >= 4 is 38.1 Å². The Morgan fingerprint density at radius 1 is 0.438 bits per heavy atom. The molecule has 4 rings (SSSR count). The summed E-state index contributed by atoms with van der Waals surface area (Å²) in [6.45, 7) is 0. The van der Waals surface area contributed by atoms with E-state index in [0.29, 0.717) is 16.4 Å². The molecule has 1 radical (unpaired) electrons. The number of hydrogen-bond acceptors (Lipinski definition) is 5. The molecule has 32 heavy (non-hydrogen) atoms. The van der Waals surface area contributed by atoms with E-state index in [4.69, 9.17) is 0 Å². The Bertz CT molecular complexity index is 1120. The Labute approximate surface area is 187 Å². The van der Waals surface area contributed by atoms with E-state index in [9.17, 15) is 25.1 Å². The molecule has 0 aromatic heterocycles. The fraction of sp³-hybridized carbons (Fsp3) is 0. The normalized spacial score (nSPS) is 10.7. The standard InChI is InChI=1S/C24H20B3O5/c28-25-22-7-1-16(2-8-22)19-13-20(17-3-9-23(10-4-17)26(29)30)15-21(14-19)18-5-11-24(12-6-18)27(31)32/h1-15,28-32H. The second-order valence-corrected chi connectivity index (χ2v) is 7.54. The molecule has 0 saturated carbocycles. The molecule has 155 valence electrons. The lowest BCUT2D eigenvalue weighted by atomic mass is 9.79. The summed E-state index contributed by atoms with van der Waals surface area (Å²) >= 11 is 0. The van der Waals surface area contributed by atoms with Gasteiger partial charge in [-0.2, -0.15) is 0 Å². The molecule has 0 fully saturated rings. The van der Waals surface area contributed by atoms with Crippen LogP contribution in [0.5, 0.6) is 0 Å². The number of rotatable bonds is 6. The molecule has 4 aromatic carbocycles. The Balaban J connectivity index is 1.82. The second kappa shape index (κ2) is 9.57. The first-order chi connectivity index (χ1) is 15.4. The van der Waals surface area contributed by atoms with Crippen molar-refractivity contribution in [2.75, 3.05) is 0 Å². The van der Waals surface area contributed by atoms with Gasteiger partial charge in [0.25, 0.3) is 0 Å². The first-order valence-electron chi connectivity index (χ1n) is 10.1. The van der Waals surface area contributed by atoms with Gasteiger partial charge in [0.1, 0.15) is 0 Å². The summed E-state index contributed by atoms with van der Waals surface area (Å²) in [5, 5.41) is 46.7. The molecule has 0 aliphatic carbocycles. The zero-order chi connectivity index (χ0) is 22.7. The molecule has 0 atom stereocenters. The molecule has 0 unspecified atom stereocenters. The summed E-state index contributed by atoms with van der Waals surface area (Å²) < 4.78 is 0. The highest BCUT2D eigenvalue weighted by molar-refractivity contribution is 6.59. The van der Waals surface area contributed by atoms with Gasteiger partial charge < -0.3 is 25.1 Å². The van der Waals surface area contributed by atoms with E-state index in [-0.39, 0.29) is 0 Å². The van der Waals surface area contributed by atoms with Crippen molar-refractivity contribution < 1.29 is 25.1 Å². The van der Waals surface area contributed by atoms with E-state index in [0.717, 1.165) is 40.9 Å². The lowest BCUT2D eigenvalue weighted by Crippen LogP contribution is -2.29. The fourth-order valence-corrected chi connectivity index (χ4v) is 3.58. The lowest BCUT2D eigenvalue weighted by molar-refractivity contribution is 0.424. The van der Waals surface area contributed by atoms with Crippen LogP contribution in [-0.4, -0.2) is 46.8 Å². The zero-order valence-electron chi connectivity index (χ0n) is 17.1. The maximum Gasteiger partial charge on any atom is 0.488 e. The van der Waals surface area contributed by atoms with E-state index < -0.39 is 14.2 Å². The van der Waals surface area contributed by atoms with Gasteiger partial charge in [0.05, 0.1) is 0 Å². The second-order valence-electron chi connectivity index (χ2n) is 7.54. The van der Waals surface area contributed by atoms with E-state index in [1.165, 1.54) is 0 Å². The van der Waals surface area contributed by atoms with Gasteiger partial charge in [-0.25, -0.2) is 0 Å². The molecule has 0 heterocycles.